The van der Waals surface area contributed by atoms with Crippen molar-refractivity contribution in [2.75, 3.05) is 7.11 Å². The maximum Gasteiger partial charge on any atom is 0.274 e. The van der Waals surface area contributed by atoms with Crippen molar-refractivity contribution in [3.05, 3.63) is 88.5 Å². The van der Waals surface area contributed by atoms with Crippen LogP contribution in [0, 0.1) is 25.5 Å². The number of nitrogens with zero attached hydrogens (tertiary/aromatic N) is 5. The maximum absolute atomic E-state index is 14.0. The Kier molecular flexibility index (Phi) is 7.35. The minimum absolute atomic E-state index is 0.0365. The van der Waals surface area contributed by atoms with Crippen LogP contribution in [-0.2, 0) is 12.3 Å². The van der Waals surface area contributed by atoms with Crippen molar-refractivity contribution < 1.29 is 18.3 Å². The fourth-order valence-corrected chi connectivity index (χ4v) is 4.32. The van der Waals surface area contributed by atoms with Crippen LogP contribution < -0.4 is 10.1 Å². The van der Waals surface area contributed by atoms with E-state index in [1.165, 1.54) is 22.5 Å². The number of aromatic nitrogens is 5. The molecule has 8 nitrogen and oxygen atoms in total. The van der Waals surface area contributed by atoms with E-state index in [0.717, 1.165) is 23.5 Å². The largest absolute Gasteiger partial charge is 0.497 e. The third-order valence-corrected chi connectivity index (χ3v) is 5.94. The highest BCUT2D eigenvalue weighted by Crippen LogP contribution is 2.25. The van der Waals surface area contributed by atoms with E-state index in [-0.39, 0.29) is 23.6 Å². The Labute approximate surface area is 204 Å². The molecule has 11 heteroatoms. The number of carbonyl (C=O) groups is 1. The predicted molar refractivity (Wildman–Crippen MR) is 127 cm³/mol. The lowest BCUT2D eigenvalue weighted by atomic mass is 10.2. The van der Waals surface area contributed by atoms with Gasteiger partial charge in [-0.05, 0) is 56.3 Å². The third kappa shape index (κ3) is 5.62. The summed E-state index contributed by atoms with van der Waals surface area (Å²) in [6.45, 7) is 3.42. The standard InChI is InChI=1S/C24H22F2N6O2S/c1-14-11-15(2)29-24(28-14)35-13-21-22(23(33)27-12-18-19(25)5-4-6-20(18)26)30-31-32(21)16-7-9-17(34-3)10-8-16/h4-11H,12-13H2,1-3H3,(H,27,33). The lowest BCUT2D eigenvalue weighted by Crippen LogP contribution is -2.25. The normalized spacial score (nSPS) is 10.9. The average molecular weight is 497 g/mol. The first kappa shape index (κ1) is 24.3. The van der Waals surface area contributed by atoms with Crippen LogP contribution in [0.4, 0.5) is 8.78 Å². The second kappa shape index (κ2) is 10.6. The van der Waals surface area contributed by atoms with Crippen molar-refractivity contribution in [1.29, 1.82) is 0 Å². The first-order valence-corrected chi connectivity index (χ1v) is 11.6. The van der Waals surface area contributed by atoms with E-state index < -0.39 is 17.5 Å². The molecule has 35 heavy (non-hydrogen) atoms. The number of carbonyl (C=O) groups excluding carboxylic acids is 1. The van der Waals surface area contributed by atoms with E-state index in [4.69, 9.17) is 4.74 Å². The fraction of sp³-hybridized carbons (Fsp3) is 0.208. The molecular weight excluding hydrogens is 474 g/mol. The number of benzene rings is 2. The molecule has 0 saturated carbocycles. The van der Waals surface area contributed by atoms with E-state index in [1.807, 2.05) is 19.9 Å². The topological polar surface area (TPSA) is 94.8 Å². The Balaban J connectivity index is 1.63. The SMILES string of the molecule is COc1ccc(-n2nnc(C(=O)NCc3c(F)cccc3F)c2CSc2nc(C)cc(C)n2)cc1. The van der Waals surface area contributed by atoms with E-state index in [9.17, 15) is 13.6 Å². The van der Waals surface area contributed by atoms with Crippen molar-refractivity contribution in [3.8, 4) is 11.4 Å². The second-order valence-electron chi connectivity index (χ2n) is 7.60. The van der Waals surface area contributed by atoms with Crippen molar-refractivity contribution in [2.45, 2.75) is 31.3 Å². The summed E-state index contributed by atoms with van der Waals surface area (Å²) in [4.78, 5) is 21.9. The molecule has 4 rings (SSSR count). The number of rotatable bonds is 8. The Morgan fingerprint density at radius 1 is 1.06 bits per heavy atom. The van der Waals surface area contributed by atoms with Gasteiger partial charge >= 0.3 is 0 Å². The van der Waals surface area contributed by atoms with Crippen LogP contribution in [0.3, 0.4) is 0 Å². The van der Waals surface area contributed by atoms with Gasteiger partial charge in [-0.3, -0.25) is 4.79 Å². The van der Waals surface area contributed by atoms with Crippen LogP contribution in [0.2, 0.25) is 0 Å². The molecule has 0 aliphatic carbocycles. The smallest absolute Gasteiger partial charge is 0.274 e. The lowest BCUT2D eigenvalue weighted by Gasteiger charge is -2.10. The van der Waals surface area contributed by atoms with Gasteiger partial charge in [-0.25, -0.2) is 23.4 Å². The molecule has 0 radical (unpaired) electrons. The van der Waals surface area contributed by atoms with Crippen LogP contribution in [0.15, 0.2) is 53.7 Å². The summed E-state index contributed by atoms with van der Waals surface area (Å²) >= 11 is 1.33. The van der Waals surface area contributed by atoms with Gasteiger partial charge in [0.15, 0.2) is 10.9 Å². The third-order valence-electron chi connectivity index (χ3n) is 5.08. The number of ether oxygens (including phenoxy) is 1. The number of hydrogen-bond acceptors (Lipinski definition) is 7. The Bertz CT molecular complexity index is 1320. The van der Waals surface area contributed by atoms with Crippen LogP contribution in [0.25, 0.3) is 5.69 Å². The molecule has 1 N–H and O–H groups in total. The minimum Gasteiger partial charge on any atom is -0.497 e. The molecule has 2 aromatic heterocycles. The van der Waals surface area contributed by atoms with E-state index >= 15 is 0 Å². The number of amides is 1. The number of nitrogens with one attached hydrogen (secondary N) is 1. The van der Waals surface area contributed by atoms with Crippen LogP contribution in [-0.4, -0.2) is 38.0 Å². The van der Waals surface area contributed by atoms with Gasteiger partial charge in [0.1, 0.15) is 17.4 Å². The number of halogens is 2. The van der Waals surface area contributed by atoms with Crippen molar-refractivity contribution >= 4 is 17.7 Å². The first-order chi connectivity index (χ1) is 16.9. The summed E-state index contributed by atoms with van der Waals surface area (Å²) in [5.41, 5.74) is 2.60. The zero-order chi connectivity index (χ0) is 24.9. The van der Waals surface area contributed by atoms with Crippen LogP contribution in [0.5, 0.6) is 5.75 Å². The Hall–Kier alpha value is -3.86. The first-order valence-electron chi connectivity index (χ1n) is 10.6. The number of hydrogen-bond donors (Lipinski definition) is 1. The fourth-order valence-electron chi connectivity index (χ4n) is 3.38. The summed E-state index contributed by atoms with van der Waals surface area (Å²) in [5.74, 6) is -1.15. The molecule has 2 aromatic carbocycles. The number of methoxy groups -OCH3 is 1. The molecule has 0 saturated heterocycles. The van der Waals surface area contributed by atoms with Crippen LogP contribution in [0.1, 0.15) is 33.1 Å². The van der Waals surface area contributed by atoms with Gasteiger partial charge in [-0.2, -0.15) is 0 Å². The molecule has 0 bridgehead atoms. The zero-order valence-corrected chi connectivity index (χ0v) is 20.1. The van der Waals surface area contributed by atoms with Gasteiger partial charge in [0.25, 0.3) is 5.91 Å². The molecule has 4 aromatic rings. The van der Waals surface area contributed by atoms with E-state index in [2.05, 4.69) is 25.6 Å². The minimum atomic E-state index is -0.741. The molecule has 1 amide bonds. The molecule has 0 aliphatic heterocycles. The molecule has 0 unspecified atom stereocenters. The van der Waals surface area contributed by atoms with Gasteiger partial charge in [-0.1, -0.05) is 23.0 Å². The summed E-state index contributed by atoms with van der Waals surface area (Å²) in [5, 5.41) is 11.3. The van der Waals surface area contributed by atoms with Gasteiger partial charge in [-0.15, -0.1) is 5.10 Å². The summed E-state index contributed by atoms with van der Waals surface area (Å²) in [7, 11) is 1.57. The quantitative estimate of drug-likeness (QED) is 0.289. The van der Waals surface area contributed by atoms with Crippen LogP contribution >= 0.6 is 11.8 Å². The highest BCUT2D eigenvalue weighted by Gasteiger charge is 2.22. The Morgan fingerprint density at radius 3 is 2.34 bits per heavy atom. The lowest BCUT2D eigenvalue weighted by molar-refractivity contribution is 0.0944. The zero-order valence-electron chi connectivity index (χ0n) is 19.2. The highest BCUT2D eigenvalue weighted by molar-refractivity contribution is 7.98. The summed E-state index contributed by atoms with van der Waals surface area (Å²) in [6.07, 6.45) is 0. The van der Waals surface area contributed by atoms with Gasteiger partial charge < -0.3 is 10.1 Å². The molecule has 0 atom stereocenters. The molecule has 0 fully saturated rings. The summed E-state index contributed by atoms with van der Waals surface area (Å²) in [6, 6.07) is 12.5. The van der Waals surface area contributed by atoms with Crippen molar-refractivity contribution in [1.82, 2.24) is 30.3 Å². The Morgan fingerprint density at radius 2 is 1.71 bits per heavy atom. The van der Waals surface area contributed by atoms with Gasteiger partial charge in [0.2, 0.25) is 0 Å². The summed E-state index contributed by atoms with van der Waals surface area (Å²) < 4.78 is 34.7. The average Bonchev–Trinajstić information content (AvgIpc) is 3.26. The van der Waals surface area contributed by atoms with Crippen molar-refractivity contribution in [3.63, 3.8) is 0 Å². The second-order valence-corrected chi connectivity index (χ2v) is 8.54. The molecule has 180 valence electrons. The molecular formula is C24H22F2N6O2S. The number of aryl methyl sites for hydroxylation is 2. The molecule has 0 aliphatic rings. The highest BCUT2D eigenvalue weighted by atomic mass is 32.2. The molecule has 0 spiro atoms. The monoisotopic (exact) mass is 496 g/mol. The van der Waals surface area contributed by atoms with Crippen molar-refractivity contribution in [2.24, 2.45) is 0 Å². The van der Waals surface area contributed by atoms with E-state index in [1.54, 1.807) is 31.4 Å². The van der Waals surface area contributed by atoms with E-state index in [0.29, 0.717) is 22.3 Å². The number of thioether (sulfide) groups is 1. The van der Waals surface area contributed by atoms with Gasteiger partial charge in [0.05, 0.1) is 18.5 Å². The predicted octanol–water partition coefficient (Wildman–Crippen LogP) is 4.18. The molecule has 2 heterocycles. The van der Waals surface area contributed by atoms with Gasteiger partial charge in [0, 0.05) is 29.2 Å². The maximum atomic E-state index is 14.0.